The Labute approximate surface area is 115 Å². The van der Waals surface area contributed by atoms with Crippen LogP contribution in [0.25, 0.3) is 0 Å². The van der Waals surface area contributed by atoms with E-state index in [2.05, 4.69) is 4.98 Å². The lowest BCUT2D eigenvalue weighted by atomic mass is 10.3. The number of nitrogen functional groups attached to an aromatic ring is 1. The topological polar surface area (TPSA) is 73.1 Å². The first-order valence-corrected chi connectivity index (χ1v) is 7.29. The average Bonchev–Trinajstić information content (AvgIpc) is 2.31. The number of aromatic nitrogens is 1. The molecule has 2 rings (SSSR count). The van der Waals surface area contributed by atoms with Crippen LogP contribution in [0.1, 0.15) is 5.56 Å². The van der Waals surface area contributed by atoms with Crippen LogP contribution in [0.15, 0.2) is 41.6 Å². The van der Waals surface area contributed by atoms with Crippen molar-refractivity contribution in [3.05, 3.63) is 53.1 Å². The quantitative estimate of drug-likeness (QED) is 0.884. The number of pyridine rings is 1. The Morgan fingerprint density at radius 2 is 2.00 bits per heavy atom. The molecule has 2 N–H and O–H groups in total. The van der Waals surface area contributed by atoms with Crippen LogP contribution in [0.3, 0.4) is 0 Å². The normalized spacial score (nSPS) is 11.5. The molecule has 0 aliphatic rings. The van der Waals surface area contributed by atoms with E-state index < -0.39 is 15.7 Å². The number of sulfone groups is 1. The van der Waals surface area contributed by atoms with Crippen LogP contribution in [-0.4, -0.2) is 13.4 Å². The third kappa shape index (κ3) is 3.21. The summed E-state index contributed by atoms with van der Waals surface area (Å²) in [5.41, 5.74) is 6.09. The van der Waals surface area contributed by atoms with Crippen molar-refractivity contribution in [1.82, 2.24) is 4.98 Å². The Hall–Kier alpha value is -1.66. The fourth-order valence-electron chi connectivity index (χ4n) is 1.59. The maximum absolute atomic E-state index is 13.0. The third-order valence-electron chi connectivity index (χ3n) is 2.41. The molecule has 0 saturated heterocycles. The predicted molar refractivity (Wildman–Crippen MR) is 70.9 cm³/mol. The molecule has 0 fully saturated rings. The fraction of sp³-hybridized carbons (Fsp3) is 0.0833. The summed E-state index contributed by atoms with van der Waals surface area (Å²) in [6.07, 6.45) is 2.30. The van der Waals surface area contributed by atoms with E-state index in [1.807, 2.05) is 0 Å². The molecule has 0 aliphatic carbocycles. The molecule has 0 aliphatic heterocycles. The second-order valence-electron chi connectivity index (χ2n) is 3.96. The summed E-state index contributed by atoms with van der Waals surface area (Å²) >= 11 is 5.85. The highest BCUT2D eigenvalue weighted by Crippen LogP contribution is 2.26. The zero-order chi connectivity index (χ0) is 14.0. The number of halogens is 2. The van der Waals surface area contributed by atoms with Gasteiger partial charge in [-0.3, -0.25) is 4.98 Å². The van der Waals surface area contributed by atoms with Crippen LogP contribution < -0.4 is 5.73 Å². The smallest absolute Gasteiger partial charge is 0.184 e. The van der Waals surface area contributed by atoms with E-state index in [1.165, 1.54) is 24.4 Å². The molecule has 4 nitrogen and oxygen atoms in total. The van der Waals surface area contributed by atoms with Crippen molar-refractivity contribution in [2.75, 3.05) is 5.73 Å². The monoisotopic (exact) mass is 300 g/mol. The minimum atomic E-state index is -3.70. The molecule has 1 aromatic heterocycles. The molecule has 0 saturated carbocycles. The third-order valence-corrected chi connectivity index (χ3v) is 4.57. The van der Waals surface area contributed by atoms with E-state index in [1.54, 1.807) is 0 Å². The Morgan fingerprint density at radius 3 is 2.68 bits per heavy atom. The molecule has 0 bridgehead atoms. The van der Waals surface area contributed by atoms with E-state index in [0.29, 0.717) is 5.69 Å². The lowest BCUT2D eigenvalue weighted by Crippen LogP contribution is -2.07. The molecule has 19 heavy (non-hydrogen) atoms. The van der Waals surface area contributed by atoms with Crippen LogP contribution in [0.4, 0.5) is 10.1 Å². The summed E-state index contributed by atoms with van der Waals surface area (Å²) in [5, 5.41) is 0.0820. The second kappa shape index (κ2) is 5.14. The Morgan fingerprint density at radius 1 is 1.26 bits per heavy atom. The zero-order valence-electron chi connectivity index (χ0n) is 9.68. The van der Waals surface area contributed by atoms with Gasteiger partial charge in [-0.1, -0.05) is 11.6 Å². The number of rotatable bonds is 3. The minimum absolute atomic E-state index is 0.0709. The van der Waals surface area contributed by atoms with Crippen LogP contribution in [0, 0.1) is 5.82 Å². The predicted octanol–water partition coefficient (Wildman–Crippen LogP) is 2.43. The van der Waals surface area contributed by atoms with Gasteiger partial charge in [-0.25, -0.2) is 12.8 Å². The van der Waals surface area contributed by atoms with Gasteiger partial charge in [-0.2, -0.15) is 0 Å². The van der Waals surface area contributed by atoms with Crippen molar-refractivity contribution in [3.8, 4) is 0 Å². The number of anilines is 1. The highest BCUT2D eigenvalue weighted by atomic mass is 35.5. The first-order chi connectivity index (χ1) is 8.88. The second-order valence-corrected chi connectivity index (χ2v) is 6.33. The van der Waals surface area contributed by atoms with Crippen molar-refractivity contribution in [3.63, 3.8) is 0 Å². The highest BCUT2D eigenvalue weighted by Gasteiger charge is 2.19. The van der Waals surface area contributed by atoms with Gasteiger partial charge in [0.25, 0.3) is 0 Å². The van der Waals surface area contributed by atoms with Gasteiger partial charge >= 0.3 is 0 Å². The number of hydrogen-bond donors (Lipinski definition) is 1. The minimum Gasteiger partial charge on any atom is -0.399 e. The molecule has 1 heterocycles. The lowest BCUT2D eigenvalue weighted by Gasteiger charge is -2.07. The van der Waals surface area contributed by atoms with Crippen molar-refractivity contribution in [2.24, 2.45) is 0 Å². The summed E-state index contributed by atoms with van der Waals surface area (Å²) in [7, 11) is -3.70. The molecule has 1 aromatic carbocycles. The molecule has 0 atom stereocenters. The lowest BCUT2D eigenvalue weighted by molar-refractivity contribution is 0.594. The first-order valence-electron chi connectivity index (χ1n) is 5.26. The largest absolute Gasteiger partial charge is 0.399 e. The summed E-state index contributed by atoms with van der Waals surface area (Å²) in [6.45, 7) is 0. The van der Waals surface area contributed by atoms with Gasteiger partial charge in [0.05, 0.1) is 21.9 Å². The molecule has 0 amide bonds. The van der Waals surface area contributed by atoms with Gasteiger partial charge in [0.2, 0.25) is 0 Å². The average molecular weight is 301 g/mol. The molecule has 100 valence electrons. The summed E-state index contributed by atoms with van der Waals surface area (Å²) < 4.78 is 37.4. The number of nitrogens with two attached hydrogens (primary N) is 1. The molecule has 0 radical (unpaired) electrons. The Bertz CT molecular complexity index is 719. The van der Waals surface area contributed by atoms with Crippen LogP contribution >= 0.6 is 11.6 Å². The SMILES string of the molecule is Nc1ccc(Cl)c(S(=O)(=O)Cc2cncc(F)c2)c1. The molecule has 2 aromatic rings. The maximum Gasteiger partial charge on any atom is 0.184 e. The highest BCUT2D eigenvalue weighted by molar-refractivity contribution is 7.90. The van der Waals surface area contributed by atoms with Gasteiger partial charge < -0.3 is 5.73 Å². The first kappa shape index (κ1) is 13.8. The van der Waals surface area contributed by atoms with Gasteiger partial charge in [0.15, 0.2) is 9.84 Å². The molecule has 0 unspecified atom stereocenters. The molecule has 0 spiro atoms. The number of benzene rings is 1. The van der Waals surface area contributed by atoms with Crippen molar-refractivity contribution in [2.45, 2.75) is 10.6 Å². The van der Waals surface area contributed by atoms with Crippen LogP contribution in [0.5, 0.6) is 0 Å². The Kier molecular flexibility index (Phi) is 3.73. The van der Waals surface area contributed by atoms with Gasteiger partial charge in [-0.05, 0) is 29.8 Å². The van der Waals surface area contributed by atoms with E-state index in [4.69, 9.17) is 17.3 Å². The van der Waals surface area contributed by atoms with E-state index in [9.17, 15) is 12.8 Å². The standard InChI is InChI=1S/C12H10ClFN2O2S/c13-11-2-1-10(15)4-12(11)19(17,18)7-8-3-9(14)6-16-5-8/h1-6H,7,15H2. The van der Waals surface area contributed by atoms with Gasteiger partial charge in [-0.15, -0.1) is 0 Å². The number of hydrogen-bond acceptors (Lipinski definition) is 4. The van der Waals surface area contributed by atoms with Crippen molar-refractivity contribution < 1.29 is 12.8 Å². The molecular weight excluding hydrogens is 291 g/mol. The van der Waals surface area contributed by atoms with Gasteiger partial charge in [0.1, 0.15) is 5.82 Å². The summed E-state index contributed by atoms with van der Waals surface area (Å²) in [6, 6.07) is 5.31. The molecular formula is C12H10ClFN2O2S. The summed E-state index contributed by atoms with van der Waals surface area (Å²) in [5.74, 6) is -0.979. The zero-order valence-corrected chi connectivity index (χ0v) is 11.2. The van der Waals surface area contributed by atoms with Crippen molar-refractivity contribution in [1.29, 1.82) is 0 Å². The van der Waals surface area contributed by atoms with Crippen molar-refractivity contribution >= 4 is 27.1 Å². The van der Waals surface area contributed by atoms with Crippen LogP contribution in [0.2, 0.25) is 5.02 Å². The maximum atomic E-state index is 13.0. The van der Waals surface area contributed by atoms with E-state index >= 15 is 0 Å². The van der Waals surface area contributed by atoms with Crippen LogP contribution in [-0.2, 0) is 15.6 Å². The van der Waals surface area contributed by atoms with Gasteiger partial charge in [0, 0.05) is 11.9 Å². The number of nitrogens with zero attached hydrogens (tertiary/aromatic N) is 1. The fourth-order valence-corrected chi connectivity index (χ4v) is 3.49. The molecule has 7 heteroatoms. The Balaban J connectivity index is 2.40. The van der Waals surface area contributed by atoms with E-state index in [0.717, 1.165) is 12.3 Å². The summed E-state index contributed by atoms with van der Waals surface area (Å²) in [4.78, 5) is 3.53. The van der Waals surface area contributed by atoms with E-state index in [-0.39, 0.29) is 21.2 Å².